The Morgan fingerprint density at radius 2 is 1.93 bits per heavy atom. The molecule has 0 bridgehead atoms. The average molecular weight is 507 g/mol. The summed E-state index contributed by atoms with van der Waals surface area (Å²) in [7, 11) is 1.49. The number of carbonyl (C=O) groups excluding carboxylic acids is 2. The molecule has 2 N–H and O–H groups in total. The van der Waals surface area contributed by atoms with E-state index in [1.807, 2.05) is 6.07 Å². The summed E-state index contributed by atoms with van der Waals surface area (Å²) >= 11 is 2.48. The summed E-state index contributed by atoms with van der Waals surface area (Å²) in [5.41, 5.74) is 1.84. The third-order valence-electron chi connectivity index (χ3n) is 5.19. The Balaban J connectivity index is 1.50. The van der Waals surface area contributed by atoms with Crippen LogP contribution < -0.4 is 10.2 Å². The lowest BCUT2D eigenvalue weighted by Crippen LogP contribution is -2.50. The third-order valence-corrected chi connectivity index (χ3v) is 6.37. The second-order valence-corrected chi connectivity index (χ2v) is 8.53. The van der Waals surface area contributed by atoms with Crippen LogP contribution in [0.2, 0.25) is 0 Å². The van der Waals surface area contributed by atoms with Crippen LogP contribution in [0.15, 0.2) is 48.5 Å². The summed E-state index contributed by atoms with van der Waals surface area (Å²) in [5.74, 6) is -0.533. The number of anilines is 1. The van der Waals surface area contributed by atoms with Crippen molar-refractivity contribution >= 4 is 40.0 Å². The monoisotopic (exact) mass is 507 g/mol. The number of nitrogens with zero attached hydrogens (tertiary/aromatic N) is 2. The number of rotatable bonds is 7. The van der Waals surface area contributed by atoms with Crippen molar-refractivity contribution in [1.29, 1.82) is 0 Å². The number of hydrogen-bond donors (Lipinski definition) is 2. The molecule has 0 saturated carbocycles. The SMILES string of the molecule is CNC(=O)c1cc(C(=O)CCCN2CCN(c3ccccc3)CC2I)ccc1O. The number of amides is 1. The largest absolute Gasteiger partial charge is 0.507 e. The van der Waals surface area contributed by atoms with E-state index in [2.05, 4.69) is 62.0 Å². The molecular weight excluding hydrogens is 481 g/mol. The molecule has 1 aliphatic rings. The first-order valence-electron chi connectivity index (χ1n) is 9.76. The van der Waals surface area contributed by atoms with Crippen LogP contribution in [0.1, 0.15) is 33.6 Å². The van der Waals surface area contributed by atoms with Crippen LogP contribution in [0.3, 0.4) is 0 Å². The molecule has 2 aromatic carbocycles. The molecule has 29 heavy (non-hydrogen) atoms. The van der Waals surface area contributed by atoms with Crippen LogP contribution in [-0.4, -0.2) is 59.0 Å². The zero-order chi connectivity index (χ0) is 20.8. The average Bonchev–Trinajstić information content (AvgIpc) is 2.75. The molecule has 1 heterocycles. The van der Waals surface area contributed by atoms with Crippen LogP contribution in [0.5, 0.6) is 5.75 Å². The lowest BCUT2D eigenvalue weighted by molar-refractivity contribution is 0.0960. The number of ketones is 1. The minimum absolute atomic E-state index is 0.0110. The van der Waals surface area contributed by atoms with E-state index in [1.165, 1.54) is 24.9 Å². The van der Waals surface area contributed by atoms with Gasteiger partial charge in [0.15, 0.2) is 5.78 Å². The Hall–Kier alpha value is -2.13. The normalized spacial score (nSPS) is 17.2. The van der Waals surface area contributed by atoms with Gasteiger partial charge in [0.25, 0.3) is 5.91 Å². The number of halogens is 1. The first kappa shape index (κ1) is 21.6. The topological polar surface area (TPSA) is 72.9 Å². The zero-order valence-electron chi connectivity index (χ0n) is 16.5. The molecule has 1 unspecified atom stereocenters. The predicted octanol–water partition coefficient (Wildman–Crippen LogP) is 3.30. The quantitative estimate of drug-likeness (QED) is 0.261. The molecule has 154 valence electrons. The zero-order valence-corrected chi connectivity index (χ0v) is 18.6. The highest BCUT2D eigenvalue weighted by atomic mass is 127. The third kappa shape index (κ3) is 5.48. The Morgan fingerprint density at radius 3 is 2.62 bits per heavy atom. The first-order chi connectivity index (χ1) is 14.0. The summed E-state index contributed by atoms with van der Waals surface area (Å²) in [4.78, 5) is 29.2. The van der Waals surface area contributed by atoms with E-state index in [4.69, 9.17) is 0 Å². The molecule has 1 atom stereocenters. The second-order valence-electron chi connectivity index (χ2n) is 7.09. The van der Waals surface area contributed by atoms with Crippen LogP contribution >= 0.6 is 22.6 Å². The maximum atomic E-state index is 12.5. The molecule has 0 aromatic heterocycles. The van der Waals surface area contributed by atoms with E-state index in [1.54, 1.807) is 6.07 Å². The summed E-state index contributed by atoms with van der Waals surface area (Å²) in [6.07, 6.45) is 1.18. The lowest BCUT2D eigenvalue weighted by atomic mass is 10.0. The number of Topliss-reactive ketones (excluding diaryl/α,β-unsaturated/α-hetero) is 1. The van der Waals surface area contributed by atoms with Gasteiger partial charge in [-0.15, -0.1) is 0 Å². The van der Waals surface area contributed by atoms with Gasteiger partial charge in [-0.25, -0.2) is 0 Å². The molecule has 7 heteroatoms. The van der Waals surface area contributed by atoms with Gasteiger partial charge in [-0.05, 0) is 43.3 Å². The molecule has 1 aliphatic heterocycles. The summed E-state index contributed by atoms with van der Waals surface area (Å²) in [5, 5.41) is 12.3. The van der Waals surface area contributed by atoms with E-state index in [-0.39, 0.29) is 17.1 Å². The number of phenolic OH excluding ortho intramolecular Hbond substituents is 1. The highest BCUT2D eigenvalue weighted by Crippen LogP contribution is 2.23. The van der Waals surface area contributed by atoms with Gasteiger partial charge in [0.05, 0.1) is 9.61 Å². The molecule has 1 fully saturated rings. The van der Waals surface area contributed by atoms with Gasteiger partial charge in [0.2, 0.25) is 0 Å². The molecule has 2 aromatic rings. The van der Waals surface area contributed by atoms with Gasteiger partial charge in [-0.2, -0.15) is 0 Å². The Bertz CT molecular complexity index is 860. The fraction of sp³-hybridized carbons (Fsp3) is 0.364. The van der Waals surface area contributed by atoms with Crippen molar-refractivity contribution in [2.75, 3.05) is 38.1 Å². The number of phenols is 1. The Labute approximate surface area is 185 Å². The van der Waals surface area contributed by atoms with Crippen molar-refractivity contribution in [3.63, 3.8) is 0 Å². The number of para-hydroxylation sites is 1. The van der Waals surface area contributed by atoms with E-state index in [0.717, 1.165) is 32.6 Å². The van der Waals surface area contributed by atoms with E-state index >= 15 is 0 Å². The molecule has 6 nitrogen and oxygen atoms in total. The fourth-order valence-electron chi connectivity index (χ4n) is 3.52. The first-order valence-corrected chi connectivity index (χ1v) is 11.0. The van der Waals surface area contributed by atoms with Crippen molar-refractivity contribution in [2.24, 2.45) is 0 Å². The van der Waals surface area contributed by atoms with Crippen molar-refractivity contribution < 1.29 is 14.7 Å². The van der Waals surface area contributed by atoms with Crippen LogP contribution in [0.25, 0.3) is 0 Å². The molecule has 0 spiro atoms. The maximum Gasteiger partial charge on any atom is 0.254 e. The van der Waals surface area contributed by atoms with Crippen molar-refractivity contribution in [1.82, 2.24) is 10.2 Å². The number of benzene rings is 2. The van der Waals surface area contributed by atoms with Crippen molar-refractivity contribution in [2.45, 2.75) is 16.9 Å². The molecule has 3 rings (SSSR count). The van der Waals surface area contributed by atoms with Gasteiger partial charge >= 0.3 is 0 Å². The summed E-state index contributed by atoms with van der Waals surface area (Å²) in [6, 6.07) is 14.9. The molecular formula is C22H26IN3O3. The number of aromatic hydroxyl groups is 1. The smallest absolute Gasteiger partial charge is 0.254 e. The fourth-order valence-corrected chi connectivity index (χ4v) is 4.55. The molecule has 1 saturated heterocycles. The van der Waals surface area contributed by atoms with Gasteiger partial charge in [0.1, 0.15) is 5.75 Å². The van der Waals surface area contributed by atoms with Crippen molar-refractivity contribution in [3.05, 3.63) is 59.7 Å². The molecule has 0 aliphatic carbocycles. The predicted molar refractivity (Wildman–Crippen MR) is 123 cm³/mol. The van der Waals surface area contributed by atoms with Gasteiger partial charge < -0.3 is 15.3 Å². The maximum absolute atomic E-state index is 12.5. The minimum Gasteiger partial charge on any atom is -0.507 e. The van der Waals surface area contributed by atoms with Gasteiger partial charge in [-0.3, -0.25) is 14.5 Å². The second kappa shape index (κ2) is 10.1. The highest BCUT2D eigenvalue weighted by Gasteiger charge is 2.25. The van der Waals surface area contributed by atoms with Gasteiger partial charge in [-0.1, -0.05) is 40.8 Å². The highest BCUT2D eigenvalue weighted by molar-refractivity contribution is 14.1. The standard InChI is InChI=1S/C22H26IN3O3/c1-24-22(29)18-14-16(9-10-20(18)28)19(27)8-5-11-25-12-13-26(15-21(25)23)17-6-3-2-4-7-17/h2-4,6-7,9-10,14,21,28H,5,8,11-13,15H2,1H3,(H,24,29). The summed E-state index contributed by atoms with van der Waals surface area (Å²) < 4.78 is 0.394. The van der Waals surface area contributed by atoms with Gasteiger partial charge in [0, 0.05) is 44.4 Å². The molecule has 0 radical (unpaired) electrons. The Kier molecular flexibility index (Phi) is 7.49. The van der Waals surface area contributed by atoms with E-state index < -0.39 is 5.91 Å². The number of alkyl halides is 1. The van der Waals surface area contributed by atoms with Crippen LogP contribution in [0.4, 0.5) is 5.69 Å². The van der Waals surface area contributed by atoms with Crippen molar-refractivity contribution in [3.8, 4) is 5.75 Å². The summed E-state index contributed by atoms with van der Waals surface area (Å²) in [6.45, 7) is 3.77. The Morgan fingerprint density at radius 1 is 1.17 bits per heavy atom. The lowest BCUT2D eigenvalue weighted by Gasteiger charge is -2.40. The van der Waals surface area contributed by atoms with Crippen LogP contribution in [-0.2, 0) is 0 Å². The minimum atomic E-state index is -0.402. The van der Waals surface area contributed by atoms with Crippen LogP contribution in [0, 0.1) is 0 Å². The number of nitrogens with one attached hydrogen (secondary N) is 1. The number of carbonyl (C=O) groups is 2. The van der Waals surface area contributed by atoms with E-state index in [9.17, 15) is 14.7 Å². The molecule has 1 amide bonds. The number of hydrogen-bond acceptors (Lipinski definition) is 5. The van der Waals surface area contributed by atoms with E-state index in [0.29, 0.717) is 16.0 Å². The number of piperazine rings is 1.